The van der Waals surface area contributed by atoms with Crippen LogP contribution in [0.4, 0.5) is 5.69 Å². The van der Waals surface area contributed by atoms with Gasteiger partial charge in [-0.2, -0.15) is 5.10 Å². The van der Waals surface area contributed by atoms with Crippen molar-refractivity contribution in [2.24, 2.45) is 5.10 Å². The maximum atomic E-state index is 12.2. The SMILES string of the molecule is C/C(=N/NC(=O)c1ccc(Cl)cc1)c1cccc(NC(=O)COc2ccc(Cl)cc2)c1. The molecule has 6 nitrogen and oxygen atoms in total. The van der Waals surface area contributed by atoms with Gasteiger partial charge < -0.3 is 10.1 Å². The number of benzene rings is 3. The molecule has 0 radical (unpaired) electrons. The Kier molecular flexibility index (Phi) is 7.65. The monoisotopic (exact) mass is 455 g/mol. The van der Waals surface area contributed by atoms with Crippen molar-refractivity contribution in [2.45, 2.75) is 6.92 Å². The predicted octanol–water partition coefficient (Wildman–Crippen LogP) is 5.16. The van der Waals surface area contributed by atoms with E-state index >= 15 is 0 Å². The van der Waals surface area contributed by atoms with Gasteiger partial charge in [-0.1, -0.05) is 35.3 Å². The maximum absolute atomic E-state index is 12.2. The lowest BCUT2D eigenvalue weighted by Crippen LogP contribution is -2.20. The molecular formula is C23H19Cl2N3O3. The summed E-state index contributed by atoms with van der Waals surface area (Å²) in [4.78, 5) is 24.3. The first kappa shape index (κ1) is 22.3. The molecule has 2 amide bonds. The van der Waals surface area contributed by atoms with Crippen LogP contribution in [0.5, 0.6) is 5.75 Å². The van der Waals surface area contributed by atoms with Crippen molar-refractivity contribution in [1.29, 1.82) is 0 Å². The average molecular weight is 456 g/mol. The second-order valence-corrected chi connectivity index (χ2v) is 7.39. The zero-order valence-electron chi connectivity index (χ0n) is 16.6. The Hall–Kier alpha value is -3.35. The molecule has 158 valence electrons. The second kappa shape index (κ2) is 10.6. The number of nitrogens with one attached hydrogen (secondary N) is 2. The van der Waals surface area contributed by atoms with Crippen LogP contribution in [0, 0.1) is 0 Å². The molecule has 8 heteroatoms. The number of nitrogens with zero attached hydrogens (tertiary/aromatic N) is 1. The second-order valence-electron chi connectivity index (χ2n) is 6.52. The lowest BCUT2D eigenvalue weighted by atomic mass is 10.1. The minimum Gasteiger partial charge on any atom is -0.484 e. The van der Waals surface area contributed by atoms with Gasteiger partial charge in [0.15, 0.2) is 6.61 Å². The summed E-state index contributed by atoms with van der Waals surface area (Å²) in [6.07, 6.45) is 0. The number of ether oxygens (including phenoxy) is 1. The van der Waals surface area contributed by atoms with E-state index in [0.717, 1.165) is 5.56 Å². The Morgan fingerprint density at radius 1 is 0.903 bits per heavy atom. The molecule has 0 aromatic heterocycles. The predicted molar refractivity (Wildman–Crippen MR) is 123 cm³/mol. The van der Waals surface area contributed by atoms with Crippen molar-refractivity contribution in [3.8, 4) is 5.75 Å². The molecule has 3 aromatic rings. The van der Waals surface area contributed by atoms with Crippen molar-refractivity contribution in [3.63, 3.8) is 0 Å². The molecule has 31 heavy (non-hydrogen) atoms. The highest BCUT2D eigenvalue weighted by Crippen LogP contribution is 2.16. The van der Waals surface area contributed by atoms with Gasteiger partial charge in [0.1, 0.15) is 5.75 Å². The molecular weight excluding hydrogens is 437 g/mol. The summed E-state index contributed by atoms with van der Waals surface area (Å²) >= 11 is 11.7. The van der Waals surface area contributed by atoms with Crippen molar-refractivity contribution in [2.75, 3.05) is 11.9 Å². The molecule has 0 unspecified atom stereocenters. The van der Waals surface area contributed by atoms with E-state index in [1.807, 2.05) is 6.07 Å². The molecule has 0 saturated carbocycles. The third-order valence-corrected chi connectivity index (χ3v) is 4.68. The molecule has 0 heterocycles. The highest BCUT2D eigenvalue weighted by molar-refractivity contribution is 6.30. The molecule has 0 atom stereocenters. The van der Waals surface area contributed by atoms with E-state index in [4.69, 9.17) is 27.9 Å². The number of anilines is 1. The van der Waals surface area contributed by atoms with Crippen LogP contribution in [-0.4, -0.2) is 24.1 Å². The van der Waals surface area contributed by atoms with Gasteiger partial charge in [-0.3, -0.25) is 9.59 Å². The third kappa shape index (κ3) is 6.84. The largest absolute Gasteiger partial charge is 0.484 e. The minimum atomic E-state index is -0.347. The van der Waals surface area contributed by atoms with Gasteiger partial charge in [0.2, 0.25) is 0 Å². The van der Waals surface area contributed by atoms with Gasteiger partial charge in [0.25, 0.3) is 11.8 Å². The number of rotatable bonds is 7. The Morgan fingerprint density at radius 3 is 2.23 bits per heavy atom. The van der Waals surface area contributed by atoms with Crippen molar-refractivity contribution >= 4 is 46.4 Å². The van der Waals surface area contributed by atoms with E-state index in [1.54, 1.807) is 73.7 Å². The minimum absolute atomic E-state index is 0.143. The smallest absolute Gasteiger partial charge is 0.271 e. The first-order chi connectivity index (χ1) is 14.9. The van der Waals surface area contributed by atoms with Crippen LogP contribution in [0.2, 0.25) is 10.0 Å². The molecule has 0 aliphatic heterocycles. The van der Waals surface area contributed by atoms with Crippen LogP contribution in [0.15, 0.2) is 77.9 Å². The first-order valence-corrected chi connectivity index (χ1v) is 10.0. The Balaban J connectivity index is 1.57. The summed E-state index contributed by atoms with van der Waals surface area (Å²) < 4.78 is 5.44. The van der Waals surface area contributed by atoms with Gasteiger partial charge >= 0.3 is 0 Å². The topological polar surface area (TPSA) is 79.8 Å². The van der Waals surface area contributed by atoms with E-state index in [1.165, 1.54) is 0 Å². The fourth-order valence-electron chi connectivity index (χ4n) is 2.56. The van der Waals surface area contributed by atoms with Gasteiger partial charge in [0, 0.05) is 21.3 Å². The summed E-state index contributed by atoms with van der Waals surface area (Å²) in [6, 6.07) is 20.4. The van der Waals surface area contributed by atoms with E-state index in [9.17, 15) is 9.59 Å². The number of carbonyl (C=O) groups is 2. The van der Waals surface area contributed by atoms with Crippen LogP contribution in [-0.2, 0) is 4.79 Å². The zero-order valence-corrected chi connectivity index (χ0v) is 18.1. The van der Waals surface area contributed by atoms with E-state index < -0.39 is 0 Å². The van der Waals surface area contributed by atoms with Crippen LogP contribution in [0.1, 0.15) is 22.8 Å². The normalized spacial score (nSPS) is 11.0. The number of halogens is 2. The number of hydrogen-bond donors (Lipinski definition) is 2. The van der Waals surface area contributed by atoms with Gasteiger partial charge in [-0.05, 0) is 73.2 Å². The average Bonchev–Trinajstić information content (AvgIpc) is 2.77. The molecule has 3 rings (SSSR count). The molecule has 0 aliphatic rings. The Labute approximate surface area is 189 Å². The van der Waals surface area contributed by atoms with E-state index in [2.05, 4.69) is 15.8 Å². The Bertz CT molecular complexity index is 1100. The number of hydrazone groups is 1. The maximum Gasteiger partial charge on any atom is 0.271 e. The highest BCUT2D eigenvalue weighted by atomic mass is 35.5. The third-order valence-electron chi connectivity index (χ3n) is 4.18. The number of hydrogen-bond acceptors (Lipinski definition) is 4. The molecule has 0 saturated heterocycles. The van der Waals surface area contributed by atoms with Crippen molar-refractivity contribution in [1.82, 2.24) is 5.43 Å². The van der Waals surface area contributed by atoms with Gasteiger partial charge in [-0.25, -0.2) is 5.43 Å². The molecule has 0 aliphatic carbocycles. The molecule has 0 bridgehead atoms. The summed E-state index contributed by atoms with van der Waals surface area (Å²) in [5.41, 5.74) is 4.86. The fraction of sp³-hybridized carbons (Fsp3) is 0.0870. The van der Waals surface area contributed by atoms with E-state index in [0.29, 0.717) is 32.8 Å². The fourth-order valence-corrected chi connectivity index (χ4v) is 2.82. The van der Waals surface area contributed by atoms with Crippen molar-refractivity contribution in [3.05, 3.63) is 94.0 Å². The van der Waals surface area contributed by atoms with Crippen LogP contribution < -0.4 is 15.5 Å². The summed E-state index contributed by atoms with van der Waals surface area (Å²) in [6.45, 7) is 1.61. The molecule has 3 aromatic carbocycles. The molecule has 2 N–H and O–H groups in total. The first-order valence-electron chi connectivity index (χ1n) is 9.29. The lowest BCUT2D eigenvalue weighted by molar-refractivity contribution is -0.118. The van der Waals surface area contributed by atoms with Gasteiger partial charge in [-0.15, -0.1) is 0 Å². The van der Waals surface area contributed by atoms with E-state index in [-0.39, 0.29) is 18.4 Å². The summed E-state index contributed by atoms with van der Waals surface area (Å²) in [7, 11) is 0. The summed E-state index contributed by atoms with van der Waals surface area (Å²) in [5, 5.41) is 8.04. The van der Waals surface area contributed by atoms with Gasteiger partial charge in [0.05, 0.1) is 5.71 Å². The zero-order chi connectivity index (χ0) is 22.2. The van der Waals surface area contributed by atoms with Crippen LogP contribution in [0.25, 0.3) is 0 Å². The lowest BCUT2D eigenvalue weighted by Gasteiger charge is -2.09. The quantitative estimate of drug-likeness (QED) is 0.381. The van der Waals surface area contributed by atoms with Crippen LogP contribution in [0.3, 0.4) is 0 Å². The molecule has 0 fully saturated rings. The summed E-state index contributed by atoms with van der Waals surface area (Å²) in [5.74, 6) is -0.106. The van der Waals surface area contributed by atoms with Crippen LogP contribution >= 0.6 is 23.2 Å². The standard InChI is InChI=1S/C23H19Cl2N3O3/c1-15(27-28-23(30)16-5-7-18(24)8-6-16)17-3-2-4-20(13-17)26-22(29)14-31-21-11-9-19(25)10-12-21/h2-13H,14H2,1H3,(H,26,29)(H,28,30)/b27-15-. The Morgan fingerprint density at radius 2 is 1.55 bits per heavy atom. The number of carbonyl (C=O) groups excluding carboxylic acids is 2. The number of amides is 2. The van der Waals surface area contributed by atoms with Crippen molar-refractivity contribution < 1.29 is 14.3 Å². The highest BCUT2D eigenvalue weighted by Gasteiger charge is 2.07. The molecule has 0 spiro atoms.